The first-order valence-corrected chi connectivity index (χ1v) is 9.65. The molecule has 4 unspecified atom stereocenters. The minimum absolute atomic E-state index is 0.0985. The van der Waals surface area contributed by atoms with Crippen molar-refractivity contribution in [3.63, 3.8) is 0 Å². The number of hydrogen-bond acceptors (Lipinski definition) is 3. The van der Waals surface area contributed by atoms with Gasteiger partial charge in [-0.15, -0.1) is 0 Å². The second kappa shape index (κ2) is 4.28. The number of fused-ring (bicyclic) bond motifs is 6. The predicted molar refractivity (Wildman–Crippen MR) is 92.2 cm³/mol. The van der Waals surface area contributed by atoms with E-state index in [1.54, 1.807) is 24.3 Å². The van der Waals surface area contributed by atoms with Crippen molar-refractivity contribution in [2.24, 2.45) is 11.8 Å². The second-order valence-corrected chi connectivity index (χ2v) is 11.7. The number of rotatable bonds is 0. The first kappa shape index (κ1) is 15.0. The van der Waals surface area contributed by atoms with E-state index in [4.69, 9.17) is 0 Å². The van der Waals surface area contributed by atoms with Crippen molar-refractivity contribution in [3.8, 4) is 0 Å². The molecule has 6 heteroatoms. The molecule has 0 aromatic heterocycles. The molecule has 1 aliphatic carbocycles. The lowest BCUT2D eigenvalue weighted by Gasteiger charge is -2.35. The Balaban J connectivity index is 2.01. The second-order valence-electron chi connectivity index (χ2n) is 6.16. The Bertz CT molecular complexity index is 766. The predicted octanol–water partition coefficient (Wildman–Crippen LogP) is 3.43. The number of Topliss-reactive ketones (excluding diaryl/α,β-unsaturated/α-hetero) is 2. The van der Waals surface area contributed by atoms with Crippen molar-refractivity contribution in [3.05, 3.63) is 46.5 Å². The molecule has 0 spiro atoms. The van der Waals surface area contributed by atoms with Gasteiger partial charge < -0.3 is 0 Å². The van der Waals surface area contributed by atoms with Crippen LogP contribution in [0.5, 0.6) is 0 Å². The van der Waals surface area contributed by atoms with E-state index in [1.807, 2.05) is 13.8 Å². The number of halogens is 2. The lowest BCUT2D eigenvalue weighted by atomic mass is 9.69. The van der Waals surface area contributed by atoms with E-state index in [1.165, 1.54) is 0 Å². The third-order valence-electron chi connectivity index (χ3n) is 5.02. The summed E-state index contributed by atoms with van der Waals surface area (Å²) in [7, 11) is -1.41. The molecule has 4 atom stereocenters. The summed E-state index contributed by atoms with van der Waals surface area (Å²) < 4.78 is 10.9. The van der Waals surface area contributed by atoms with Crippen LogP contribution in [0.1, 0.15) is 31.8 Å². The molecule has 1 aromatic carbocycles. The highest BCUT2D eigenvalue weighted by atomic mass is 79.9. The van der Waals surface area contributed by atoms with Gasteiger partial charge in [-0.2, -0.15) is 0 Å². The number of carbonyl (C=O) groups excluding carboxylic acids is 2. The van der Waals surface area contributed by atoms with E-state index in [2.05, 4.69) is 31.9 Å². The molecule has 0 radical (unpaired) electrons. The summed E-state index contributed by atoms with van der Waals surface area (Å²) in [5.74, 6) is -1.45. The number of benzene rings is 1. The van der Waals surface area contributed by atoms with E-state index in [9.17, 15) is 13.8 Å². The topological polar surface area (TPSA) is 51.2 Å². The van der Waals surface area contributed by atoms with Gasteiger partial charge in [0.05, 0.1) is 22.6 Å². The van der Waals surface area contributed by atoms with Crippen molar-refractivity contribution in [1.82, 2.24) is 0 Å². The highest BCUT2D eigenvalue weighted by Crippen LogP contribution is 2.64. The number of hydrogen-bond donors (Lipinski definition) is 0. The van der Waals surface area contributed by atoms with Gasteiger partial charge in [0.25, 0.3) is 0 Å². The Labute approximate surface area is 147 Å². The largest absolute Gasteiger partial charge is 0.294 e. The SMILES string of the molecule is Cc1cc2c(cc1C)C(=O)C1C(C2=O)C2(Br)C=CC1(Br)S2=O. The van der Waals surface area contributed by atoms with Crippen LogP contribution in [-0.2, 0) is 10.8 Å². The quantitative estimate of drug-likeness (QED) is 0.456. The molecule has 2 aliphatic heterocycles. The van der Waals surface area contributed by atoms with Gasteiger partial charge in [-0.25, -0.2) is 0 Å². The van der Waals surface area contributed by atoms with Gasteiger partial charge >= 0.3 is 0 Å². The minimum atomic E-state index is -1.41. The van der Waals surface area contributed by atoms with Gasteiger partial charge in [-0.05, 0) is 37.1 Å². The van der Waals surface area contributed by atoms with E-state index < -0.39 is 29.9 Å². The van der Waals surface area contributed by atoms with Gasteiger partial charge in [0.2, 0.25) is 0 Å². The van der Waals surface area contributed by atoms with Gasteiger partial charge in [0.15, 0.2) is 11.6 Å². The van der Waals surface area contributed by atoms with Crippen LogP contribution in [0.25, 0.3) is 0 Å². The molecule has 114 valence electrons. The molecular formula is C16H12Br2O3S. The molecular weight excluding hydrogens is 432 g/mol. The highest BCUT2D eigenvalue weighted by molar-refractivity contribution is 9.14. The lowest BCUT2D eigenvalue weighted by molar-refractivity contribution is 0.0742. The fourth-order valence-corrected chi connectivity index (χ4v) is 8.98. The van der Waals surface area contributed by atoms with Crippen molar-refractivity contribution < 1.29 is 13.8 Å². The van der Waals surface area contributed by atoms with E-state index in [-0.39, 0.29) is 11.6 Å². The van der Waals surface area contributed by atoms with Crippen LogP contribution in [0, 0.1) is 25.7 Å². The average Bonchev–Trinajstić information content (AvgIpc) is 2.80. The van der Waals surface area contributed by atoms with Gasteiger partial charge in [-0.3, -0.25) is 13.8 Å². The molecule has 0 N–H and O–H groups in total. The van der Waals surface area contributed by atoms with Crippen molar-refractivity contribution in [2.45, 2.75) is 21.2 Å². The zero-order valence-corrected chi connectivity index (χ0v) is 15.8. The average molecular weight is 444 g/mol. The Morgan fingerprint density at radius 3 is 1.64 bits per heavy atom. The summed E-state index contributed by atoms with van der Waals surface area (Å²) in [5.41, 5.74) is 2.88. The fraction of sp³-hybridized carbons (Fsp3) is 0.375. The number of aryl methyl sites for hydroxylation is 2. The smallest absolute Gasteiger partial charge is 0.170 e. The summed E-state index contributed by atoms with van der Waals surface area (Å²) in [5, 5.41) is 0. The van der Waals surface area contributed by atoms with E-state index in [0.717, 1.165) is 11.1 Å². The molecule has 3 aliphatic rings. The maximum Gasteiger partial charge on any atom is 0.170 e. The Morgan fingerprint density at radius 1 is 0.909 bits per heavy atom. The molecule has 1 aromatic rings. The Hall–Kier alpha value is -0.590. The third-order valence-corrected chi connectivity index (χ3v) is 10.2. The van der Waals surface area contributed by atoms with Crippen LogP contribution in [-0.4, -0.2) is 23.1 Å². The fourth-order valence-electron chi connectivity index (χ4n) is 3.70. The van der Waals surface area contributed by atoms with Gasteiger partial charge in [0, 0.05) is 11.1 Å². The minimum Gasteiger partial charge on any atom is -0.294 e. The summed E-state index contributed by atoms with van der Waals surface area (Å²) in [6, 6.07) is 3.58. The Morgan fingerprint density at radius 2 is 1.27 bits per heavy atom. The van der Waals surface area contributed by atoms with E-state index >= 15 is 0 Å². The summed E-state index contributed by atoms with van der Waals surface area (Å²) in [6.07, 6.45) is 3.52. The molecule has 0 amide bonds. The first-order chi connectivity index (χ1) is 10.2. The van der Waals surface area contributed by atoms with Crippen molar-refractivity contribution in [2.75, 3.05) is 0 Å². The molecule has 2 bridgehead atoms. The molecule has 2 heterocycles. The monoisotopic (exact) mass is 442 g/mol. The van der Waals surface area contributed by atoms with Crippen molar-refractivity contribution in [1.29, 1.82) is 0 Å². The van der Waals surface area contributed by atoms with Crippen LogP contribution >= 0.6 is 31.9 Å². The molecule has 1 saturated heterocycles. The van der Waals surface area contributed by atoms with Crippen LogP contribution in [0.15, 0.2) is 24.3 Å². The zero-order valence-electron chi connectivity index (χ0n) is 11.9. The van der Waals surface area contributed by atoms with Crippen molar-refractivity contribution >= 4 is 54.2 Å². The summed E-state index contributed by atoms with van der Waals surface area (Å²) in [4.78, 5) is 26.0. The Kier molecular flexibility index (Phi) is 2.91. The molecule has 1 fully saturated rings. The zero-order chi connectivity index (χ0) is 16.0. The number of alkyl halides is 2. The van der Waals surface area contributed by atoms with Crippen LogP contribution in [0.4, 0.5) is 0 Å². The normalized spacial score (nSPS) is 41.7. The third kappa shape index (κ3) is 1.49. The van der Waals surface area contributed by atoms with Gasteiger partial charge in [0.1, 0.15) is 7.31 Å². The molecule has 22 heavy (non-hydrogen) atoms. The molecule has 4 rings (SSSR count). The standard InChI is InChI=1S/C16H12Br2O3S/c1-7-5-9-10(6-8(7)2)14(20)12-11(13(9)19)15(17)3-4-16(12,18)22(15)21/h3-6,11-12H,1-2H3. The number of carbonyl (C=O) groups is 2. The van der Waals surface area contributed by atoms with Crippen LogP contribution in [0.3, 0.4) is 0 Å². The maximum atomic E-state index is 13.0. The van der Waals surface area contributed by atoms with Gasteiger partial charge in [-0.1, -0.05) is 44.0 Å². The summed E-state index contributed by atoms with van der Waals surface area (Å²) >= 11 is 6.98. The highest BCUT2D eigenvalue weighted by Gasteiger charge is 2.72. The van der Waals surface area contributed by atoms with E-state index in [0.29, 0.717) is 11.1 Å². The number of ketones is 2. The lowest BCUT2D eigenvalue weighted by Crippen LogP contribution is -2.46. The maximum absolute atomic E-state index is 13.0. The first-order valence-electron chi connectivity index (χ1n) is 6.91. The molecule has 3 nitrogen and oxygen atoms in total. The van der Waals surface area contributed by atoms with Crippen LogP contribution < -0.4 is 0 Å². The summed E-state index contributed by atoms with van der Waals surface area (Å²) in [6.45, 7) is 3.85. The molecule has 0 saturated carbocycles. The van der Waals surface area contributed by atoms with Crippen LogP contribution in [0.2, 0.25) is 0 Å².